The van der Waals surface area contributed by atoms with Gasteiger partial charge in [0.05, 0.1) is 21.3 Å². The number of imidazole rings is 1. The highest BCUT2D eigenvalue weighted by Gasteiger charge is 2.18. The second-order valence-electron chi connectivity index (χ2n) is 5.96. The average molecular weight is 376 g/mol. The molecule has 0 aliphatic carbocycles. The molecule has 0 saturated carbocycles. The van der Waals surface area contributed by atoms with Crippen molar-refractivity contribution in [3.8, 4) is 33.9 Å². The van der Waals surface area contributed by atoms with Gasteiger partial charge >= 0.3 is 0 Å². The van der Waals surface area contributed by atoms with Crippen LogP contribution in [0.4, 0.5) is 5.69 Å². The first-order chi connectivity index (χ1) is 13.1. The topological polar surface area (TPSA) is 71.8 Å². The van der Waals surface area contributed by atoms with Gasteiger partial charge in [0, 0.05) is 28.8 Å². The number of nitro benzene ring substituents is 1. The Hall–Kier alpha value is -3.44. The molecule has 0 saturated heterocycles. The molecule has 5 nitrogen and oxygen atoms in total. The van der Waals surface area contributed by atoms with Crippen LogP contribution in [0.3, 0.4) is 0 Å². The van der Waals surface area contributed by atoms with Gasteiger partial charge in [0.2, 0.25) is 0 Å². The molecule has 0 aliphatic heterocycles. The summed E-state index contributed by atoms with van der Waals surface area (Å²) in [6, 6.07) is 23.9. The van der Waals surface area contributed by atoms with Crippen LogP contribution in [0.2, 0.25) is 5.02 Å². The third kappa shape index (κ3) is 3.32. The minimum atomic E-state index is -0.445. The molecule has 132 valence electrons. The number of aromatic amines is 1. The van der Waals surface area contributed by atoms with Crippen LogP contribution >= 0.6 is 11.6 Å². The summed E-state index contributed by atoms with van der Waals surface area (Å²) in [5.41, 5.74) is 3.97. The van der Waals surface area contributed by atoms with Crippen molar-refractivity contribution in [2.24, 2.45) is 0 Å². The Morgan fingerprint density at radius 1 is 0.889 bits per heavy atom. The third-order valence-corrected chi connectivity index (χ3v) is 4.56. The lowest BCUT2D eigenvalue weighted by Crippen LogP contribution is -1.90. The molecule has 4 aromatic rings. The molecule has 1 aromatic heterocycles. The summed E-state index contributed by atoms with van der Waals surface area (Å²) >= 11 is 6.31. The van der Waals surface area contributed by atoms with Crippen LogP contribution in [-0.2, 0) is 0 Å². The van der Waals surface area contributed by atoms with E-state index in [0.29, 0.717) is 16.4 Å². The molecule has 0 spiro atoms. The Morgan fingerprint density at radius 2 is 1.52 bits per heavy atom. The van der Waals surface area contributed by atoms with Crippen LogP contribution in [-0.4, -0.2) is 14.9 Å². The van der Waals surface area contributed by atoms with Crippen molar-refractivity contribution in [2.75, 3.05) is 0 Å². The van der Waals surface area contributed by atoms with Gasteiger partial charge in [0.25, 0.3) is 5.69 Å². The number of halogens is 1. The van der Waals surface area contributed by atoms with Crippen molar-refractivity contribution in [1.29, 1.82) is 0 Å². The fourth-order valence-electron chi connectivity index (χ4n) is 2.93. The zero-order valence-electron chi connectivity index (χ0n) is 14.1. The molecule has 0 amide bonds. The summed E-state index contributed by atoms with van der Waals surface area (Å²) in [5.74, 6) is 0.487. The number of nitro groups is 1. The van der Waals surface area contributed by atoms with E-state index in [4.69, 9.17) is 16.6 Å². The van der Waals surface area contributed by atoms with E-state index in [1.54, 1.807) is 0 Å². The first-order valence-electron chi connectivity index (χ1n) is 8.28. The Morgan fingerprint density at radius 3 is 2.15 bits per heavy atom. The Balaban J connectivity index is 1.93. The molecule has 0 radical (unpaired) electrons. The van der Waals surface area contributed by atoms with Gasteiger partial charge in [-0.2, -0.15) is 0 Å². The number of nitrogens with one attached hydrogen (secondary N) is 1. The highest BCUT2D eigenvalue weighted by Crippen LogP contribution is 2.36. The molecule has 0 bridgehead atoms. The fourth-order valence-corrected chi connectivity index (χ4v) is 3.13. The maximum Gasteiger partial charge on any atom is 0.270 e. The minimum Gasteiger partial charge on any atom is -0.337 e. The number of H-pyrrole nitrogens is 1. The predicted octanol–water partition coefficient (Wildman–Crippen LogP) is 5.97. The first-order valence-corrected chi connectivity index (χ1v) is 8.66. The molecule has 27 heavy (non-hydrogen) atoms. The van der Waals surface area contributed by atoms with E-state index in [1.165, 1.54) is 18.2 Å². The van der Waals surface area contributed by atoms with Gasteiger partial charge in [-0.1, -0.05) is 72.3 Å². The molecular weight excluding hydrogens is 362 g/mol. The second kappa shape index (κ2) is 7.05. The largest absolute Gasteiger partial charge is 0.337 e. The summed E-state index contributed by atoms with van der Waals surface area (Å²) in [4.78, 5) is 18.7. The molecule has 0 atom stereocenters. The summed E-state index contributed by atoms with van der Waals surface area (Å²) in [6.07, 6.45) is 0. The average Bonchev–Trinajstić information content (AvgIpc) is 3.15. The number of hydrogen-bond acceptors (Lipinski definition) is 3. The zero-order chi connectivity index (χ0) is 18.8. The monoisotopic (exact) mass is 375 g/mol. The fraction of sp³-hybridized carbons (Fsp3) is 0. The molecule has 0 unspecified atom stereocenters. The van der Waals surface area contributed by atoms with Crippen molar-refractivity contribution in [3.63, 3.8) is 0 Å². The van der Waals surface area contributed by atoms with E-state index in [9.17, 15) is 10.1 Å². The molecule has 6 heteroatoms. The van der Waals surface area contributed by atoms with Crippen LogP contribution in [0.5, 0.6) is 0 Å². The Labute approximate surface area is 160 Å². The minimum absolute atomic E-state index is 0.0340. The number of nitrogens with zero attached hydrogens (tertiary/aromatic N) is 2. The summed E-state index contributed by atoms with van der Waals surface area (Å²) in [6.45, 7) is 0. The first kappa shape index (κ1) is 17.0. The summed E-state index contributed by atoms with van der Waals surface area (Å²) < 4.78 is 0. The highest BCUT2D eigenvalue weighted by molar-refractivity contribution is 6.33. The lowest BCUT2D eigenvalue weighted by molar-refractivity contribution is -0.384. The van der Waals surface area contributed by atoms with E-state index in [0.717, 1.165) is 22.5 Å². The Kier molecular flexibility index (Phi) is 4.44. The maximum atomic E-state index is 11.1. The van der Waals surface area contributed by atoms with E-state index >= 15 is 0 Å². The van der Waals surface area contributed by atoms with Crippen LogP contribution in [0.25, 0.3) is 33.9 Å². The van der Waals surface area contributed by atoms with E-state index in [2.05, 4.69) is 4.98 Å². The lowest BCUT2D eigenvalue weighted by atomic mass is 10.1. The second-order valence-corrected chi connectivity index (χ2v) is 6.37. The van der Waals surface area contributed by atoms with E-state index in [-0.39, 0.29) is 5.69 Å². The third-order valence-electron chi connectivity index (χ3n) is 4.23. The molecule has 0 fully saturated rings. The highest BCUT2D eigenvalue weighted by atomic mass is 35.5. The van der Waals surface area contributed by atoms with Crippen LogP contribution in [0.1, 0.15) is 0 Å². The van der Waals surface area contributed by atoms with Gasteiger partial charge in [-0.25, -0.2) is 4.98 Å². The van der Waals surface area contributed by atoms with Crippen molar-refractivity contribution >= 4 is 17.3 Å². The standard InChI is InChI=1S/C21H14ClN3O2/c22-18-12-11-16(25(26)27)13-17(18)21-23-19(14-7-3-1-4-8-14)20(24-21)15-9-5-2-6-10-15/h1-13H,(H,23,24). The molecular formula is C21H14ClN3O2. The van der Waals surface area contributed by atoms with Crippen molar-refractivity contribution in [2.45, 2.75) is 0 Å². The van der Waals surface area contributed by atoms with Gasteiger partial charge in [0.15, 0.2) is 0 Å². The quantitative estimate of drug-likeness (QED) is 0.352. The van der Waals surface area contributed by atoms with Gasteiger partial charge in [0.1, 0.15) is 5.82 Å². The number of benzene rings is 3. The summed E-state index contributed by atoms with van der Waals surface area (Å²) in [5, 5.41) is 11.5. The number of hydrogen-bond donors (Lipinski definition) is 1. The number of rotatable bonds is 4. The molecule has 4 rings (SSSR count). The summed E-state index contributed by atoms with van der Waals surface area (Å²) in [7, 11) is 0. The SMILES string of the molecule is O=[N+]([O-])c1ccc(Cl)c(-c2nc(-c3ccccc3)c(-c3ccccc3)[nH]2)c1. The predicted molar refractivity (Wildman–Crippen MR) is 107 cm³/mol. The molecule has 1 heterocycles. The Bertz CT molecular complexity index is 1050. The smallest absolute Gasteiger partial charge is 0.270 e. The van der Waals surface area contributed by atoms with E-state index < -0.39 is 4.92 Å². The van der Waals surface area contributed by atoms with Gasteiger partial charge in [-0.15, -0.1) is 0 Å². The zero-order valence-corrected chi connectivity index (χ0v) is 14.9. The van der Waals surface area contributed by atoms with Crippen LogP contribution < -0.4 is 0 Å². The van der Waals surface area contributed by atoms with Gasteiger partial charge in [-0.05, 0) is 6.07 Å². The molecule has 0 aliphatic rings. The van der Waals surface area contributed by atoms with Crippen molar-refractivity contribution in [3.05, 3.63) is 94.0 Å². The number of aromatic nitrogens is 2. The molecule has 1 N–H and O–H groups in total. The van der Waals surface area contributed by atoms with Crippen molar-refractivity contribution < 1.29 is 4.92 Å². The normalized spacial score (nSPS) is 10.7. The van der Waals surface area contributed by atoms with Crippen LogP contribution in [0, 0.1) is 10.1 Å². The van der Waals surface area contributed by atoms with Crippen molar-refractivity contribution in [1.82, 2.24) is 9.97 Å². The molecule has 3 aromatic carbocycles. The number of non-ortho nitro benzene ring substituents is 1. The van der Waals surface area contributed by atoms with Crippen LogP contribution in [0.15, 0.2) is 78.9 Å². The lowest BCUT2D eigenvalue weighted by Gasteiger charge is -2.02. The van der Waals surface area contributed by atoms with Gasteiger partial charge < -0.3 is 4.98 Å². The van der Waals surface area contributed by atoms with E-state index in [1.807, 2.05) is 60.7 Å². The maximum absolute atomic E-state index is 11.1. The van der Waals surface area contributed by atoms with Gasteiger partial charge in [-0.3, -0.25) is 10.1 Å².